The number of hydrogen-bond acceptors (Lipinski definition) is 0. The first kappa shape index (κ1) is 19.4. The zero-order chi connectivity index (χ0) is 20.5. The molecule has 3 aromatic carbocycles. The van der Waals surface area contributed by atoms with Gasteiger partial charge in [-0.15, -0.1) is 0 Å². The third kappa shape index (κ3) is 3.53. The minimum atomic E-state index is 0.581. The van der Waals surface area contributed by atoms with E-state index in [0.29, 0.717) is 10.0 Å². The maximum absolute atomic E-state index is 6.43. The minimum Gasteiger partial charge on any atom is -0.157 e. The largest absolute Gasteiger partial charge is 0.219 e. The van der Waals surface area contributed by atoms with Crippen LogP contribution in [-0.4, -0.2) is 0 Å². The van der Waals surface area contributed by atoms with E-state index in [1.54, 1.807) is 0 Å². The Bertz CT molecular complexity index is 1200. The molecule has 1 heterocycles. The fourth-order valence-corrected chi connectivity index (χ4v) is 4.77. The Kier molecular flexibility index (Phi) is 5.33. The van der Waals surface area contributed by atoms with Crippen molar-refractivity contribution in [1.82, 2.24) is 0 Å². The van der Waals surface area contributed by atoms with Gasteiger partial charge in [-0.2, -0.15) is 4.57 Å². The van der Waals surface area contributed by atoms with Crippen molar-refractivity contribution >= 4 is 23.2 Å². The molecule has 5 rings (SSSR count). The van der Waals surface area contributed by atoms with Crippen LogP contribution in [0, 0.1) is 0 Å². The molecule has 0 fully saturated rings. The fourth-order valence-electron chi connectivity index (χ4n) is 4.48. The van der Waals surface area contributed by atoms with Crippen molar-refractivity contribution in [2.24, 2.45) is 0 Å². The van der Waals surface area contributed by atoms with Crippen LogP contribution in [0.4, 0.5) is 0 Å². The maximum Gasteiger partial charge on any atom is 0.219 e. The number of fused-ring (bicyclic) bond motifs is 1. The van der Waals surface area contributed by atoms with E-state index in [4.69, 9.17) is 23.2 Å². The molecule has 0 spiro atoms. The molecule has 3 heteroatoms. The summed E-state index contributed by atoms with van der Waals surface area (Å²) in [5.74, 6) is 0. The SMILES string of the molecule is Clc1ccc(-[n+]2c(-c3ccccc3)cc(-c3ccccc3)c3c2CCCC3)cc1Cl. The van der Waals surface area contributed by atoms with Gasteiger partial charge in [-0.25, -0.2) is 0 Å². The summed E-state index contributed by atoms with van der Waals surface area (Å²) in [6, 6.07) is 29.6. The van der Waals surface area contributed by atoms with Crippen LogP contribution < -0.4 is 4.57 Å². The van der Waals surface area contributed by atoms with Crippen LogP contribution in [0.1, 0.15) is 24.1 Å². The third-order valence-corrected chi connectivity index (χ3v) is 6.61. The number of aromatic nitrogens is 1. The Hall–Kier alpha value is -2.61. The highest BCUT2D eigenvalue weighted by Gasteiger charge is 2.30. The molecule has 4 aromatic rings. The van der Waals surface area contributed by atoms with Gasteiger partial charge in [0.25, 0.3) is 0 Å². The van der Waals surface area contributed by atoms with Gasteiger partial charge >= 0.3 is 0 Å². The summed E-state index contributed by atoms with van der Waals surface area (Å²) in [5, 5.41) is 1.16. The molecule has 0 amide bonds. The molecule has 0 aliphatic heterocycles. The highest BCUT2D eigenvalue weighted by Crippen LogP contribution is 2.35. The van der Waals surface area contributed by atoms with E-state index in [1.807, 2.05) is 12.1 Å². The predicted octanol–water partition coefficient (Wildman–Crippen LogP) is 7.48. The highest BCUT2D eigenvalue weighted by atomic mass is 35.5. The van der Waals surface area contributed by atoms with E-state index < -0.39 is 0 Å². The number of benzene rings is 3. The first-order valence-corrected chi connectivity index (χ1v) is 11.1. The number of rotatable bonds is 3. The first-order chi connectivity index (χ1) is 14.7. The molecule has 148 valence electrons. The smallest absolute Gasteiger partial charge is 0.157 e. The lowest BCUT2D eigenvalue weighted by Crippen LogP contribution is -2.41. The Morgan fingerprint density at radius 2 is 1.30 bits per heavy atom. The lowest BCUT2D eigenvalue weighted by molar-refractivity contribution is -0.593. The molecular formula is C27H22Cl2N+. The highest BCUT2D eigenvalue weighted by molar-refractivity contribution is 6.42. The first-order valence-electron chi connectivity index (χ1n) is 10.4. The molecule has 1 aliphatic carbocycles. The van der Waals surface area contributed by atoms with Gasteiger partial charge in [-0.1, -0.05) is 71.7 Å². The van der Waals surface area contributed by atoms with Gasteiger partial charge in [0.2, 0.25) is 11.4 Å². The van der Waals surface area contributed by atoms with Gasteiger partial charge in [0.1, 0.15) is 0 Å². The molecule has 0 radical (unpaired) electrons. The maximum atomic E-state index is 6.43. The molecule has 0 saturated heterocycles. The minimum absolute atomic E-state index is 0.581. The Balaban J connectivity index is 1.86. The van der Waals surface area contributed by atoms with Crippen LogP contribution in [0.3, 0.4) is 0 Å². The second-order valence-electron chi connectivity index (χ2n) is 7.74. The summed E-state index contributed by atoms with van der Waals surface area (Å²) in [5.41, 5.74) is 8.84. The third-order valence-electron chi connectivity index (χ3n) is 5.87. The monoisotopic (exact) mass is 430 g/mol. The van der Waals surface area contributed by atoms with Gasteiger partial charge in [0.15, 0.2) is 5.69 Å². The van der Waals surface area contributed by atoms with Crippen molar-refractivity contribution in [2.45, 2.75) is 25.7 Å². The molecule has 0 N–H and O–H groups in total. The van der Waals surface area contributed by atoms with Crippen molar-refractivity contribution in [3.05, 3.63) is 106 Å². The molecule has 0 saturated carbocycles. The average Bonchev–Trinajstić information content (AvgIpc) is 2.81. The normalized spacial score (nSPS) is 13.1. The quantitative estimate of drug-likeness (QED) is 0.296. The van der Waals surface area contributed by atoms with Crippen LogP contribution in [0.25, 0.3) is 28.1 Å². The van der Waals surface area contributed by atoms with Crippen molar-refractivity contribution < 1.29 is 4.57 Å². The van der Waals surface area contributed by atoms with E-state index in [0.717, 1.165) is 18.5 Å². The number of pyridine rings is 1. The van der Waals surface area contributed by atoms with E-state index in [2.05, 4.69) is 77.4 Å². The van der Waals surface area contributed by atoms with Crippen LogP contribution in [0.15, 0.2) is 84.9 Å². The summed E-state index contributed by atoms with van der Waals surface area (Å²) < 4.78 is 2.39. The zero-order valence-electron chi connectivity index (χ0n) is 16.6. The second kappa shape index (κ2) is 8.26. The predicted molar refractivity (Wildman–Crippen MR) is 126 cm³/mol. The molecular weight excluding hydrogens is 409 g/mol. The van der Waals surface area contributed by atoms with Crippen LogP contribution in [0.5, 0.6) is 0 Å². The standard InChI is InChI=1S/C27H22Cl2N/c28-24-16-15-21(17-25(24)29)30-26-14-8-7-13-22(26)23(19-9-3-1-4-10-19)18-27(30)20-11-5-2-6-12-20/h1-6,9-12,15-18H,7-8,13-14H2/q+1. The van der Waals surface area contributed by atoms with E-state index in [-0.39, 0.29) is 0 Å². The summed E-state index contributed by atoms with van der Waals surface area (Å²) in [6.07, 6.45) is 4.56. The van der Waals surface area contributed by atoms with Crippen LogP contribution >= 0.6 is 23.2 Å². The molecule has 30 heavy (non-hydrogen) atoms. The fraction of sp³-hybridized carbons (Fsp3) is 0.148. The number of halogens is 2. The van der Waals surface area contributed by atoms with Crippen molar-refractivity contribution in [2.75, 3.05) is 0 Å². The van der Waals surface area contributed by atoms with Gasteiger partial charge < -0.3 is 0 Å². The number of nitrogens with zero attached hydrogens (tertiary/aromatic N) is 1. The van der Waals surface area contributed by atoms with E-state index in [1.165, 1.54) is 46.5 Å². The summed E-state index contributed by atoms with van der Waals surface area (Å²) >= 11 is 12.7. The van der Waals surface area contributed by atoms with Gasteiger partial charge in [0, 0.05) is 35.7 Å². The average molecular weight is 431 g/mol. The molecule has 0 bridgehead atoms. The molecule has 1 aliphatic rings. The summed E-state index contributed by atoms with van der Waals surface area (Å²) in [4.78, 5) is 0. The van der Waals surface area contributed by atoms with Crippen molar-refractivity contribution in [1.29, 1.82) is 0 Å². The Morgan fingerprint density at radius 1 is 0.633 bits per heavy atom. The molecule has 1 nitrogen and oxygen atoms in total. The Labute approximate surface area is 187 Å². The number of hydrogen-bond donors (Lipinski definition) is 0. The van der Waals surface area contributed by atoms with E-state index in [9.17, 15) is 0 Å². The summed E-state index contributed by atoms with van der Waals surface area (Å²) in [7, 11) is 0. The molecule has 0 unspecified atom stereocenters. The molecule has 0 atom stereocenters. The van der Waals surface area contributed by atoms with Gasteiger partial charge in [-0.05, 0) is 48.6 Å². The lowest BCUT2D eigenvalue weighted by Gasteiger charge is -2.20. The molecule has 1 aromatic heterocycles. The van der Waals surface area contributed by atoms with Crippen LogP contribution in [-0.2, 0) is 12.8 Å². The zero-order valence-corrected chi connectivity index (χ0v) is 18.1. The van der Waals surface area contributed by atoms with Gasteiger partial charge in [-0.3, -0.25) is 0 Å². The Morgan fingerprint density at radius 3 is 2.00 bits per heavy atom. The topological polar surface area (TPSA) is 3.88 Å². The van der Waals surface area contributed by atoms with Gasteiger partial charge in [0.05, 0.1) is 10.0 Å². The van der Waals surface area contributed by atoms with E-state index >= 15 is 0 Å². The second-order valence-corrected chi connectivity index (χ2v) is 8.56. The van der Waals surface area contributed by atoms with Crippen LogP contribution in [0.2, 0.25) is 10.0 Å². The van der Waals surface area contributed by atoms with Crippen molar-refractivity contribution in [3.8, 4) is 28.1 Å². The lowest BCUT2D eigenvalue weighted by atomic mass is 9.87. The van der Waals surface area contributed by atoms with Crippen molar-refractivity contribution in [3.63, 3.8) is 0 Å². The summed E-state index contributed by atoms with van der Waals surface area (Å²) in [6.45, 7) is 0.